The Morgan fingerprint density at radius 3 is 2.82 bits per heavy atom. The van der Waals surface area contributed by atoms with Gasteiger partial charge >= 0.3 is 0 Å². The van der Waals surface area contributed by atoms with Gasteiger partial charge in [0.15, 0.2) is 5.82 Å². The van der Waals surface area contributed by atoms with Crippen LogP contribution in [0.25, 0.3) is 0 Å². The molecule has 1 aliphatic heterocycles. The Labute approximate surface area is 108 Å². The van der Waals surface area contributed by atoms with E-state index in [1.54, 1.807) is 4.80 Å². The predicted octanol–water partition coefficient (Wildman–Crippen LogP) is 1.23. The minimum absolute atomic E-state index is 0. The van der Waals surface area contributed by atoms with Crippen molar-refractivity contribution in [2.24, 2.45) is 0 Å². The van der Waals surface area contributed by atoms with E-state index >= 15 is 0 Å². The predicted molar refractivity (Wildman–Crippen MR) is 76.5 cm³/mol. The average Bonchev–Trinajstić information content (AvgIpc) is 2.78. The van der Waals surface area contributed by atoms with Crippen LogP contribution in [-0.4, -0.2) is 45.5 Å². The van der Waals surface area contributed by atoms with Gasteiger partial charge in [-0.25, -0.2) is 0 Å². The molecule has 0 aliphatic carbocycles. The van der Waals surface area contributed by atoms with Crippen molar-refractivity contribution in [2.45, 2.75) is 46.5 Å². The van der Waals surface area contributed by atoms with Gasteiger partial charge < -0.3 is 4.81 Å². The number of hydrogen-bond acceptors (Lipinski definition) is 4. The minimum Gasteiger partial charge on any atom is -0.345 e. The van der Waals surface area contributed by atoms with Gasteiger partial charge in [-0.05, 0) is 24.6 Å². The first kappa shape index (κ1) is 16.5. The van der Waals surface area contributed by atoms with Crippen molar-refractivity contribution in [2.75, 3.05) is 13.1 Å². The van der Waals surface area contributed by atoms with Crippen LogP contribution in [0.3, 0.4) is 0 Å². The first-order valence-corrected chi connectivity index (χ1v) is 5.65. The molecule has 0 bridgehead atoms. The molecular weight excluding hydrogens is 232 g/mol. The van der Waals surface area contributed by atoms with Crippen LogP contribution in [0.2, 0.25) is 6.82 Å². The molecule has 1 aliphatic rings. The fraction of sp³-hybridized carbons (Fsp3) is 0.900. The van der Waals surface area contributed by atoms with Crippen molar-refractivity contribution in [1.82, 2.24) is 25.0 Å². The molecule has 0 saturated carbocycles. The van der Waals surface area contributed by atoms with Crippen LogP contribution in [0, 0.1) is 0 Å². The second kappa shape index (κ2) is 7.77. The molecule has 5 nitrogen and oxygen atoms in total. The van der Waals surface area contributed by atoms with E-state index in [0.717, 1.165) is 31.8 Å². The standard InChI is InChI=1S/C9H17BN5.CH4.H3P/c1-3-9-11-13-15(12-9)8-5-4-6-14(7-8)10-2;;/h8H,3-7H2,1-2H3;1H4;1H3. The highest BCUT2D eigenvalue weighted by atomic mass is 31.0. The monoisotopic (exact) mass is 256 g/mol. The lowest BCUT2D eigenvalue weighted by Gasteiger charge is -2.30. The molecule has 2 heterocycles. The summed E-state index contributed by atoms with van der Waals surface area (Å²) in [7, 11) is 2.14. The van der Waals surface area contributed by atoms with Gasteiger partial charge in [0.05, 0.1) is 6.04 Å². The van der Waals surface area contributed by atoms with E-state index in [0.29, 0.717) is 6.04 Å². The number of piperidine rings is 1. The summed E-state index contributed by atoms with van der Waals surface area (Å²) >= 11 is 0. The zero-order valence-corrected chi connectivity index (χ0v) is 11.5. The fourth-order valence-corrected chi connectivity index (χ4v) is 1.96. The van der Waals surface area contributed by atoms with Crippen molar-refractivity contribution < 1.29 is 0 Å². The lowest BCUT2D eigenvalue weighted by atomic mass is 9.91. The SMILES string of the molecule is C.C[B]N1CCCC(n2nnc(CC)n2)C1.P. The highest BCUT2D eigenvalue weighted by Gasteiger charge is 2.22. The second-order valence-corrected chi connectivity index (χ2v) is 3.93. The third-order valence-corrected chi connectivity index (χ3v) is 2.91. The molecule has 1 saturated heterocycles. The molecule has 17 heavy (non-hydrogen) atoms. The fourth-order valence-electron chi connectivity index (χ4n) is 1.96. The maximum absolute atomic E-state index is 4.38. The molecule has 1 radical (unpaired) electrons. The Balaban J connectivity index is 0.00000128. The summed E-state index contributed by atoms with van der Waals surface area (Å²) in [6.07, 6.45) is 3.22. The zero-order valence-electron chi connectivity index (χ0n) is 10.1. The van der Waals surface area contributed by atoms with Crippen LogP contribution in [-0.2, 0) is 6.42 Å². The Kier molecular flexibility index (Phi) is 7.56. The molecule has 2 rings (SSSR count). The third kappa shape index (κ3) is 4.04. The molecule has 1 fully saturated rings. The molecule has 2 unspecified atom stereocenters. The highest BCUT2D eigenvalue weighted by Crippen LogP contribution is 2.18. The smallest absolute Gasteiger partial charge is 0.205 e. The normalized spacial score (nSPS) is 20.2. The molecule has 1 aromatic heterocycles. The maximum Gasteiger partial charge on any atom is 0.205 e. The van der Waals surface area contributed by atoms with E-state index in [1.165, 1.54) is 6.42 Å². The maximum atomic E-state index is 4.38. The Morgan fingerprint density at radius 1 is 1.47 bits per heavy atom. The Hall–Kier alpha value is -0.475. The van der Waals surface area contributed by atoms with Crippen LogP contribution in [0.4, 0.5) is 0 Å². The molecule has 7 heteroatoms. The van der Waals surface area contributed by atoms with Crippen molar-refractivity contribution in [1.29, 1.82) is 0 Å². The molecule has 2 atom stereocenters. The quantitative estimate of drug-likeness (QED) is 0.603. The first-order valence-electron chi connectivity index (χ1n) is 5.65. The molecule has 0 amide bonds. The van der Waals surface area contributed by atoms with Crippen LogP contribution >= 0.6 is 9.90 Å². The number of nitrogens with zero attached hydrogens (tertiary/aromatic N) is 5. The van der Waals surface area contributed by atoms with Gasteiger partial charge in [0.2, 0.25) is 7.41 Å². The van der Waals surface area contributed by atoms with Gasteiger partial charge in [0, 0.05) is 13.0 Å². The van der Waals surface area contributed by atoms with Crippen molar-refractivity contribution >= 4 is 17.3 Å². The summed E-state index contributed by atoms with van der Waals surface area (Å²) in [6.45, 7) is 6.29. The van der Waals surface area contributed by atoms with E-state index in [1.807, 2.05) is 6.92 Å². The van der Waals surface area contributed by atoms with E-state index < -0.39 is 0 Å². The molecule has 0 spiro atoms. The number of tetrazole rings is 1. The van der Waals surface area contributed by atoms with Crippen LogP contribution < -0.4 is 0 Å². The third-order valence-electron chi connectivity index (χ3n) is 2.91. The van der Waals surface area contributed by atoms with E-state index in [-0.39, 0.29) is 17.3 Å². The number of aryl methyl sites for hydroxylation is 1. The number of rotatable bonds is 3. The summed E-state index contributed by atoms with van der Waals surface area (Å²) in [5, 5.41) is 12.5. The van der Waals surface area contributed by atoms with Gasteiger partial charge in [-0.15, -0.1) is 10.2 Å². The van der Waals surface area contributed by atoms with Crippen molar-refractivity contribution in [3.8, 4) is 0 Å². The van der Waals surface area contributed by atoms with Crippen molar-refractivity contribution in [3.05, 3.63) is 5.82 Å². The molecular formula is C10H24BN5P. The molecule has 0 N–H and O–H groups in total. The highest BCUT2D eigenvalue weighted by molar-refractivity contribution is 6.92. The van der Waals surface area contributed by atoms with Crippen LogP contribution in [0.15, 0.2) is 0 Å². The Morgan fingerprint density at radius 2 is 2.24 bits per heavy atom. The summed E-state index contributed by atoms with van der Waals surface area (Å²) in [6, 6.07) is 0.391. The van der Waals surface area contributed by atoms with E-state index in [4.69, 9.17) is 0 Å². The molecule has 0 aromatic carbocycles. The number of hydrogen-bond donors (Lipinski definition) is 0. The molecule has 97 valence electrons. The minimum atomic E-state index is 0. The summed E-state index contributed by atoms with van der Waals surface area (Å²) < 4.78 is 0. The van der Waals surface area contributed by atoms with Crippen LogP contribution in [0.5, 0.6) is 0 Å². The number of aromatic nitrogens is 4. The largest absolute Gasteiger partial charge is 0.345 e. The summed E-state index contributed by atoms with van der Waals surface area (Å²) in [5.74, 6) is 0.840. The van der Waals surface area contributed by atoms with Crippen LogP contribution in [0.1, 0.15) is 39.1 Å². The summed E-state index contributed by atoms with van der Waals surface area (Å²) in [5.41, 5.74) is 0. The van der Waals surface area contributed by atoms with Gasteiger partial charge in [0.25, 0.3) is 0 Å². The lowest BCUT2D eigenvalue weighted by molar-refractivity contribution is 0.238. The molecule has 1 aromatic rings. The van der Waals surface area contributed by atoms with Gasteiger partial charge in [-0.2, -0.15) is 14.7 Å². The lowest BCUT2D eigenvalue weighted by Crippen LogP contribution is -2.38. The topological polar surface area (TPSA) is 46.8 Å². The van der Waals surface area contributed by atoms with Gasteiger partial charge in [-0.3, -0.25) is 0 Å². The first-order chi connectivity index (χ1) is 7.33. The van der Waals surface area contributed by atoms with E-state index in [9.17, 15) is 0 Å². The Bertz CT molecular complexity index is 319. The van der Waals surface area contributed by atoms with E-state index in [2.05, 4.69) is 34.5 Å². The average molecular weight is 256 g/mol. The zero-order chi connectivity index (χ0) is 10.7. The van der Waals surface area contributed by atoms with Crippen molar-refractivity contribution in [3.63, 3.8) is 0 Å². The second-order valence-electron chi connectivity index (χ2n) is 3.93. The van der Waals surface area contributed by atoms with Gasteiger partial charge in [0.1, 0.15) is 0 Å². The van der Waals surface area contributed by atoms with Gasteiger partial charge in [-0.1, -0.05) is 21.2 Å². The summed E-state index contributed by atoms with van der Waals surface area (Å²) in [4.78, 5) is 4.11.